The molecule has 0 unspecified atom stereocenters. The van der Waals surface area contributed by atoms with E-state index in [9.17, 15) is 4.39 Å². The smallest absolute Gasteiger partial charge is 0.240 e. The molecular weight excluding hydrogens is 301 g/mol. The number of hydrogen-bond acceptors (Lipinski definition) is 3. The molecule has 0 amide bonds. The van der Waals surface area contributed by atoms with Gasteiger partial charge in [0.05, 0.1) is 10.0 Å². The van der Waals surface area contributed by atoms with E-state index in [0.29, 0.717) is 0 Å². The lowest BCUT2D eigenvalue weighted by molar-refractivity contribution is 0.462. The Morgan fingerprint density at radius 3 is 2.44 bits per heavy atom. The van der Waals surface area contributed by atoms with E-state index in [-0.39, 0.29) is 32.5 Å². The number of nitrogens with two attached hydrogens (primary N) is 1. The first-order valence-corrected chi connectivity index (χ1v) is 5.85. The number of hydrogen-bond donors (Lipinski definition) is 1. The highest BCUT2D eigenvalue weighted by molar-refractivity contribution is 6.36. The van der Waals surface area contributed by atoms with Crippen molar-refractivity contribution >= 4 is 40.6 Å². The van der Waals surface area contributed by atoms with Crippen molar-refractivity contribution in [2.45, 2.75) is 0 Å². The van der Waals surface area contributed by atoms with Crippen molar-refractivity contribution in [1.29, 1.82) is 0 Å². The number of rotatable bonds is 2. The summed E-state index contributed by atoms with van der Waals surface area (Å²) in [4.78, 5) is 3.87. The molecule has 0 atom stereocenters. The van der Waals surface area contributed by atoms with Gasteiger partial charge in [-0.1, -0.05) is 34.8 Å². The number of aromatic nitrogens is 1. The van der Waals surface area contributed by atoms with E-state index in [1.165, 1.54) is 24.3 Å². The Labute approximate surface area is 117 Å². The monoisotopic (exact) mass is 306 g/mol. The second kappa shape index (κ2) is 5.18. The van der Waals surface area contributed by atoms with E-state index in [1.807, 2.05) is 0 Å². The van der Waals surface area contributed by atoms with E-state index in [4.69, 9.17) is 45.3 Å². The molecule has 0 spiro atoms. The van der Waals surface area contributed by atoms with Gasteiger partial charge in [-0.25, -0.2) is 4.39 Å². The van der Waals surface area contributed by atoms with Crippen LogP contribution in [0.15, 0.2) is 24.3 Å². The molecule has 0 aliphatic heterocycles. The maximum atomic E-state index is 13.0. The van der Waals surface area contributed by atoms with Crippen LogP contribution in [-0.2, 0) is 0 Å². The van der Waals surface area contributed by atoms with Crippen LogP contribution in [-0.4, -0.2) is 4.98 Å². The molecule has 0 aliphatic rings. The normalized spacial score (nSPS) is 10.4. The van der Waals surface area contributed by atoms with E-state index < -0.39 is 5.82 Å². The molecule has 0 bridgehead atoms. The van der Waals surface area contributed by atoms with Crippen LogP contribution < -0.4 is 10.5 Å². The average molecular weight is 308 g/mol. The van der Waals surface area contributed by atoms with Crippen molar-refractivity contribution < 1.29 is 9.13 Å². The van der Waals surface area contributed by atoms with Crippen molar-refractivity contribution in [3.8, 4) is 11.6 Å². The van der Waals surface area contributed by atoms with Crippen molar-refractivity contribution in [3.63, 3.8) is 0 Å². The summed E-state index contributed by atoms with van der Waals surface area (Å²) in [6.45, 7) is 0. The Balaban J connectivity index is 2.34. The van der Waals surface area contributed by atoms with Gasteiger partial charge in [0.1, 0.15) is 22.4 Å². The first kappa shape index (κ1) is 13.2. The third kappa shape index (κ3) is 2.77. The molecule has 2 N–H and O–H groups in total. The maximum Gasteiger partial charge on any atom is 0.240 e. The lowest BCUT2D eigenvalue weighted by Crippen LogP contribution is -1.96. The van der Waals surface area contributed by atoms with Gasteiger partial charge >= 0.3 is 0 Å². The Hall–Kier alpha value is -1.23. The number of anilines is 1. The predicted octanol–water partition coefficient (Wildman–Crippen LogP) is 4.56. The summed E-state index contributed by atoms with van der Waals surface area (Å²) >= 11 is 17.2. The second-order valence-electron chi connectivity index (χ2n) is 3.32. The molecule has 1 aromatic carbocycles. The Kier molecular flexibility index (Phi) is 3.80. The summed E-state index contributed by atoms with van der Waals surface area (Å²) in [5.41, 5.74) is 5.53. The number of halogens is 4. The fourth-order valence-electron chi connectivity index (χ4n) is 1.19. The summed E-state index contributed by atoms with van der Waals surface area (Å²) in [5.74, 6) is -0.0956. The fourth-order valence-corrected chi connectivity index (χ4v) is 1.75. The maximum absolute atomic E-state index is 13.0. The second-order valence-corrected chi connectivity index (χ2v) is 4.54. The van der Waals surface area contributed by atoms with Gasteiger partial charge in [-0.3, -0.25) is 0 Å². The Morgan fingerprint density at radius 1 is 1.06 bits per heavy atom. The predicted molar refractivity (Wildman–Crippen MR) is 70.2 cm³/mol. The van der Waals surface area contributed by atoms with Crippen molar-refractivity contribution in [2.75, 3.05) is 5.73 Å². The van der Waals surface area contributed by atoms with Gasteiger partial charge in [0.25, 0.3) is 0 Å². The molecule has 2 aromatic rings. The molecule has 0 fully saturated rings. The number of ether oxygens (including phenoxy) is 1. The zero-order valence-electron chi connectivity index (χ0n) is 8.75. The van der Waals surface area contributed by atoms with Gasteiger partial charge < -0.3 is 10.5 Å². The molecule has 1 heterocycles. The highest BCUT2D eigenvalue weighted by Crippen LogP contribution is 2.33. The van der Waals surface area contributed by atoms with E-state index in [0.717, 1.165) is 0 Å². The third-order valence-electron chi connectivity index (χ3n) is 2.03. The zero-order valence-corrected chi connectivity index (χ0v) is 11.0. The van der Waals surface area contributed by atoms with E-state index in [1.54, 1.807) is 0 Å². The van der Waals surface area contributed by atoms with Crippen molar-refractivity contribution in [2.24, 2.45) is 0 Å². The van der Waals surface area contributed by atoms with Gasteiger partial charge in [-0.05, 0) is 18.2 Å². The van der Waals surface area contributed by atoms with Crippen molar-refractivity contribution in [1.82, 2.24) is 4.98 Å². The first-order valence-electron chi connectivity index (χ1n) is 4.72. The van der Waals surface area contributed by atoms with Crippen LogP contribution in [0.4, 0.5) is 10.2 Å². The summed E-state index contributed by atoms with van der Waals surface area (Å²) in [7, 11) is 0. The molecule has 0 saturated carbocycles. The lowest BCUT2D eigenvalue weighted by atomic mass is 10.3. The molecule has 3 nitrogen and oxygen atoms in total. The highest BCUT2D eigenvalue weighted by atomic mass is 35.5. The number of nitrogens with zero attached hydrogens (tertiary/aromatic N) is 1. The number of nitrogen functional groups attached to an aromatic ring is 1. The van der Waals surface area contributed by atoms with Crippen LogP contribution in [0.2, 0.25) is 15.1 Å². The molecule has 1 aromatic heterocycles. The van der Waals surface area contributed by atoms with Crippen LogP contribution in [0.1, 0.15) is 0 Å². The van der Waals surface area contributed by atoms with Crippen LogP contribution >= 0.6 is 34.8 Å². The molecule has 18 heavy (non-hydrogen) atoms. The van der Waals surface area contributed by atoms with Gasteiger partial charge in [0.2, 0.25) is 5.88 Å². The van der Waals surface area contributed by atoms with E-state index in [2.05, 4.69) is 4.98 Å². The topological polar surface area (TPSA) is 48.1 Å². The largest absolute Gasteiger partial charge is 0.437 e. The minimum absolute atomic E-state index is 0.0643. The Bertz CT molecular complexity index is 607. The standard InChI is InChI=1S/C11H6Cl3FN2O/c12-6-3-5(1-2-9(6)15)18-11-8(14)4-7(13)10(16)17-11/h1-4H,(H2,16,17). The third-order valence-corrected chi connectivity index (χ3v) is 2.89. The minimum Gasteiger partial charge on any atom is -0.437 e. The molecule has 0 radical (unpaired) electrons. The van der Waals surface area contributed by atoms with E-state index >= 15 is 0 Å². The summed E-state index contributed by atoms with van der Waals surface area (Å²) < 4.78 is 18.3. The molecule has 0 saturated heterocycles. The summed E-state index contributed by atoms with van der Waals surface area (Å²) in [5, 5.41) is 0.352. The quantitative estimate of drug-likeness (QED) is 0.885. The molecular formula is C11H6Cl3FN2O. The number of pyridine rings is 1. The van der Waals surface area contributed by atoms with Gasteiger partial charge in [-0.15, -0.1) is 0 Å². The number of benzene rings is 1. The van der Waals surface area contributed by atoms with Crippen LogP contribution in [0.25, 0.3) is 0 Å². The highest BCUT2D eigenvalue weighted by Gasteiger charge is 2.10. The summed E-state index contributed by atoms with van der Waals surface area (Å²) in [6.07, 6.45) is 0. The fraction of sp³-hybridized carbons (Fsp3) is 0. The zero-order chi connectivity index (χ0) is 13.3. The summed E-state index contributed by atoms with van der Waals surface area (Å²) in [6, 6.07) is 5.28. The van der Waals surface area contributed by atoms with Crippen LogP contribution in [0.5, 0.6) is 11.6 Å². The molecule has 2 rings (SSSR count). The van der Waals surface area contributed by atoms with Gasteiger partial charge in [-0.2, -0.15) is 4.98 Å². The van der Waals surface area contributed by atoms with Crippen LogP contribution in [0.3, 0.4) is 0 Å². The van der Waals surface area contributed by atoms with Crippen molar-refractivity contribution in [3.05, 3.63) is 45.2 Å². The van der Waals surface area contributed by atoms with Gasteiger partial charge in [0.15, 0.2) is 0 Å². The van der Waals surface area contributed by atoms with Gasteiger partial charge in [0, 0.05) is 6.07 Å². The molecule has 94 valence electrons. The molecule has 7 heteroatoms. The SMILES string of the molecule is Nc1nc(Oc2ccc(F)c(Cl)c2)c(Cl)cc1Cl. The van der Waals surface area contributed by atoms with Crippen LogP contribution in [0, 0.1) is 5.82 Å². The molecule has 0 aliphatic carbocycles. The lowest BCUT2D eigenvalue weighted by Gasteiger charge is -2.08. The first-order chi connectivity index (χ1) is 8.47. The Morgan fingerprint density at radius 2 is 1.78 bits per heavy atom. The minimum atomic E-state index is -0.543. The average Bonchev–Trinajstić information content (AvgIpc) is 2.31.